The van der Waals surface area contributed by atoms with Crippen LogP contribution in [0.5, 0.6) is 0 Å². The molecule has 33 heavy (non-hydrogen) atoms. The van der Waals surface area contributed by atoms with Crippen LogP contribution in [0.3, 0.4) is 0 Å². The molecule has 0 radical (unpaired) electrons. The van der Waals surface area contributed by atoms with Gasteiger partial charge in [0.05, 0.1) is 17.2 Å². The molecule has 0 unspecified atom stereocenters. The maximum atomic E-state index is 12.4. The molecule has 0 fully saturated rings. The molecule has 160 valence electrons. The Kier molecular flexibility index (Phi) is 5.30. The van der Waals surface area contributed by atoms with E-state index in [2.05, 4.69) is 30.6 Å². The first-order valence-electron chi connectivity index (χ1n) is 10.2. The number of amides is 2. The minimum absolute atomic E-state index is 0.235. The lowest BCUT2D eigenvalue weighted by Gasteiger charge is -2.05. The van der Waals surface area contributed by atoms with Crippen LogP contribution in [-0.2, 0) is 0 Å². The molecule has 2 amide bonds. The van der Waals surface area contributed by atoms with E-state index in [0.717, 1.165) is 11.1 Å². The van der Waals surface area contributed by atoms with Crippen LogP contribution in [0.25, 0.3) is 22.4 Å². The molecule has 5 rings (SSSR count). The fraction of sp³-hybridized carbons (Fsp3) is 0. The average Bonchev–Trinajstić information content (AvgIpc) is 3.29. The van der Waals surface area contributed by atoms with Crippen molar-refractivity contribution in [3.63, 3.8) is 0 Å². The van der Waals surface area contributed by atoms with E-state index in [9.17, 15) is 9.59 Å². The van der Waals surface area contributed by atoms with Gasteiger partial charge in [0.25, 0.3) is 11.8 Å². The van der Waals surface area contributed by atoms with Crippen LogP contribution in [0.1, 0.15) is 20.8 Å². The van der Waals surface area contributed by atoms with Crippen LogP contribution < -0.4 is 10.6 Å². The molecule has 2 aromatic carbocycles. The number of benzene rings is 2. The molecular weight excluding hydrogens is 416 g/mol. The summed E-state index contributed by atoms with van der Waals surface area (Å²) in [5.74, 6) is 0.563. The van der Waals surface area contributed by atoms with E-state index in [1.807, 2.05) is 18.2 Å². The summed E-state index contributed by atoms with van der Waals surface area (Å²) in [7, 11) is 0. The number of rotatable bonds is 5. The zero-order chi connectivity index (χ0) is 22.6. The Hall–Kier alpha value is -4.85. The number of carbonyl (C=O) groups excluding carboxylic acids is 2. The molecular formula is C25H18N6O2. The van der Waals surface area contributed by atoms with Gasteiger partial charge in [-0.3, -0.25) is 14.6 Å². The fourth-order valence-corrected chi connectivity index (χ4v) is 3.30. The Morgan fingerprint density at radius 1 is 0.788 bits per heavy atom. The number of nitrogens with one attached hydrogen (secondary N) is 3. The van der Waals surface area contributed by atoms with Crippen molar-refractivity contribution in [3.05, 3.63) is 103 Å². The monoisotopic (exact) mass is 434 g/mol. The Morgan fingerprint density at radius 2 is 1.58 bits per heavy atom. The topological polar surface area (TPSA) is 113 Å². The number of nitrogens with zero attached hydrogens (tertiary/aromatic N) is 3. The lowest BCUT2D eigenvalue weighted by atomic mass is 10.2. The summed E-state index contributed by atoms with van der Waals surface area (Å²) in [6.07, 6.45) is 3.21. The zero-order valence-electron chi connectivity index (χ0n) is 17.3. The third-order valence-electron chi connectivity index (χ3n) is 4.96. The molecule has 0 spiro atoms. The predicted molar refractivity (Wildman–Crippen MR) is 126 cm³/mol. The first-order valence-corrected chi connectivity index (χ1v) is 10.2. The van der Waals surface area contributed by atoms with Crippen molar-refractivity contribution in [1.82, 2.24) is 19.9 Å². The molecule has 3 N–H and O–H groups in total. The lowest BCUT2D eigenvalue weighted by Crippen LogP contribution is -2.13. The smallest absolute Gasteiger partial charge is 0.274 e. The van der Waals surface area contributed by atoms with Crippen LogP contribution in [0.2, 0.25) is 0 Å². The van der Waals surface area contributed by atoms with Crippen LogP contribution in [0.4, 0.5) is 11.5 Å². The van der Waals surface area contributed by atoms with Crippen molar-refractivity contribution in [2.45, 2.75) is 0 Å². The van der Waals surface area contributed by atoms with Gasteiger partial charge in [-0.25, -0.2) is 9.97 Å². The van der Waals surface area contributed by atoms with E-state index in [-0.39, 0.29) is 11.8 Å². The predicted octanol–water partition coefficient (Wildman–Crippen LogP) is 4.52. The summed E-state index contributed by atoms with van der Waals surface area (Å²) in [5.41, 5.74) is 3.82. The largest absolute Gasteiger partial charge is 0.337 e. The van der Waals surface area contributed by atoms with Crippen molar-refractivity contribution in [2.75, 3.05) is 10.6 Å². The van der Waals surface area contributed by atoms with Gasteiger partial charge < -0.3 is 15.6 Å². The van der Waals surface area contributed by atoms with Crippen molar-refractivity contribution >= 4 is 34.4 Å². The van der Waals surface area contributed by atoms with E-state index < -0.39 is 0 Å². The zero-order valence-corrected chi connectivity index (χ0v) is 17.3. The van der Waals surface area contributed by atoms with Crippen molar-refractivity contribution < 1.29 is 9.59 Å². The molecule has 8 nitrogen and oxygen atoms in total. The second kappa shape index (κ2) is 8.72. The summed E-state index contributed by atoms with van der Waals surface area (Å²) in [4.78, 5) is 40.8. The van der Waals surface area contributed by atoms with Gasteiger partial charge in [-0.2, -0.15) is 0 Å². The number of aromatic amines is 1. The van der Waals surface area contributed by atoms with Gasteiger partial charge in [0.2, 0.25) is 0 Å². The molecule has 8 heteroatoms. The van der Waals surface area contributed by atoms with Crippen LogP contribution >= 0.6 is 0 Å². The minimum Gasteiger partial charge on any atom is -0.337 e. The summed E-state index contributed by atoms with van der Waals surface area (Å²) in [6, 6.07) is 23.2. The summed E-state index contributed by atoms with van der Waals surface area (Å²) in [5, 5.41) is 5.61. The van der Waals surface area contributed by atoms with Gasteiger partial charge in [-0.1, -0.05) is 24.3 Å². The fourth-order valence-electron chi connectivity index (χ4n) is 3.30. The Morgan fingerprint density at radius 3 is 2.33 bits per heavy atom. The minimum atomic E-state index is -0.275. The average molecular weight is 434 g/mol. The van der Waals surface area contributed by atoms with Gasteiger partial charge in [0, 0.05) is 29.1 Å². The summed E-state index contributed by atoms with van der Waals surface area (Å²) in [6.45, 7) is 0. The van der Waals surface area contributed by atoms with E-state index in [1.54, 1.807) is 73.1 Å². The standard InChI is InChI=1S/C25H18N6O2/c32-24(17-6-2-1-3-7-17)31-22-14-20-21(15-27-22)30-23(29-20)16-9-11-18(12-10-16)28-25(33)19-8-4-5-13-26-19/h1-15H,(H,28,33)(H,29,30)(H,27,31,32). The number of anilines is 2. The Bertz CT molecular complexity index is 1430. The number of pyridine rings is 2. The van der Waals surface area contributed by atoms with Gasteiger partial charge in [-0.15, -0.1) is 0 Å². The molecule has 0 saturated carbocycles. The molecule has 0 aliphatic rings. The Balaban J connectivity index is 1.31. The number of hydrogen-bond donors (Lipinski definition) is 3. The molecule has 0 atom stereocenters. The third kappa shape index (κ3) is 4.45. The van der Waals surface area contributed by atoms with Gasteiger partial charge in [0.1, 0.15) is 17.3 Å². The third-order valence-corrected chi connectivity index (χ3v) is 4.96. The molecule has 0 aliphatic heterocycles. The molecule has 0 bridgehead atoms. The number of hydrogen-bond acceptors (Lipinski definition) is 5. The van der Waals surface area contributed by atoms with E-state index in [4.69, 9.17) is 0 Å². The van der Waals surface area contributed by atoms with E-state index in [0.29, 0.717) is 34.1 Å². The maximum absolute atomic E-state index is 12.4. The number of H-pyrrole nitrogens is 1. The maximum Gasteiger partial charge on any atom is 0.274 e. The number of fused-ring (bicyclic) bond motifs is 1. The Labute approximate surface area is 188 Å². The summed E-state index contributed by atoms with van der Waals surface area (Å²) >= 11 is 0. The van der Waals surface area contributed by atoms with Gasteiger partial charge in [-0.05, 0) is 48.5 Å². The highest BCUT2D eigenvalue weighted by Gasteiger charge is 2.11. The van der Waals surface area contributed by atoms with E-state index in [1.165, 1.54) is 0 Å². The van der Waals surface area contributed by atoms with Crippen molar-refractivity contribution in [2.24, 2.45) is 0 Å². The number of imidazole rings is 1. The van der Waals surface area contributed by atoms with Crippen LogP contribution in [0, 0.1) is 0 Å². The first-order chi connectivity index (χ1) is 16.2. The second-order valence-electron chi connectivity index (χ2n) is 7.24. The van der Waals surface area contributed by atoms with Crippen molar-refractivity contribution in [3.8, 4) is 11.4 Å². The number of aromatic nitrogens is 4. The normalized spacial score (nSPS) is 10.7. The highest BCUT2D eigenvalue weighted by Crippen LogP contribution is 2.23. The van der Waals surface area contributed by atoms with Gasteiger partial charge in [0.15, 0.2) is 0 Å². The first kappa shape index (κ1) is 20.1. The molecule has 3 heterocycles. The summed E-state index contributed by atoms with van der Waals surface area (Å²) < 4.78 is 0. The van der Waals surface area contributed by atoms with E-state index >= 15 is 0 Å². The SMILES string of the molecule is O=C(Nc1cc2nc(-c3ccc(NC(=O)c4ccccn4)cc3)[nH]c2cn1)c1ccccc1. The van der Waals surface area contributed by atoms with Crippen LogP contribution in [0.15, 0.2) is 91.3 Å². The van der Waals surface area contributed by atoms with Crippen LogP contribution in [-0.4, -0.2) is 31.8 Å². The molecule has 0 saturated heterocycles. The lowest BCUT2D eigenvalue weighted by molar-refractivity contribution is 0.101. The van der Waals surface area contributed by atoms with Gasteiger partial charge >= 0.3 is 0 Å². The highest BCUT2D eigenvalue weighted by atomic mass is 16.2. The van der Waals surface area contributed by atoms with Crippen molar-refractivity contribution in [1.29, 1.82) is 0 Å². The molecule has 3 aromatic heterocycles. The molecule has 5 aromatic rings. The molecule has 0 aliphatic carbocycles. The number of carbonyl (C=O) groups is 2. The quantitative estimate of drug-likeness (QED) is 0.376. The highest BCUT2D eigenvalue weighted by molar-refractivity contribution is 6.04. The second-order valence-corrected chi connectivity index (χ2v) is 7.24.